The summed E-state index contributed by atoms with van der Waals surface area (Å²) in [5.41, 5.74) is 2.82. The topological polar surface area (TPSA) is 40.5 Å². The second-order valence-corrected chi connectivity index (χ2v) is 5.94. The lowest BCUT2D eigenvalue weighted by Crippen LogP contribution is -2.14. The average Bonchev–Trinajstić information content (AvgIpc) is 2.61. The van der Waals surface area contributed by atoms with Gasteiger partial charge in [-0.2, -0.15) is 5.10 Å². The number of hydrogen-bond acceptors (Lipinski definition) is 4. The summed E-state index contributed by atoms with van der Waals surface area (Å²) >= 11 is 6.14. The van der Waals surface area contributed by atoms with E-state index in [-0.39, 0.29) is 0 Å². The maximum Gasteiger partial charge on any atom is 0.156 e. The zero-order valence-electron chi connectivity index (χ0n) is 13.9. The third-order valence-electron chi connectivity index (χ3n) is 3.90. The van der Waals surface area contributed by atoms with Crippen LogP contribution in [0.15, 0.2) is 59.8 Å². The van der Waals surface area contributed by atoms with Gasteiger partial charge in [-0.3, -0.25) is 5.01 Å². The summed E-state index contributed by atoms with van der Waals surface area (Å²) in [5.74, 6) is 0.820. The van der Waals surface area contributed by atoms with Gasteiger partial charge in [-0.05, 0) is 36.6 Å². The predicted octanol–water partition coefficient (Wildman–Crippen LogP) is 4.79. The zero-order valence-corrected chi connectivity index (χ0v) is 14.7. The number of nitrogens with zero attached hydrogens (tertiary/aromatic N) is 3. The van der Waals surface area contributed by atoms with Crippen LogP contribution in [-0.2, 0) is 0 Å². The first-order valence-corrected chi connectivity index (χ1v) is 8.08. The van der Waals surface area contributed by atoms with Gasteiger partial charge in [0.15, 0.2) is 5.82 Å². The quantitative estimate of drug-likeness (QED) is 0.549. The van der Waals surface area contributed by atoms with Crippen LogP contribution >= 0.6 is 11.6 Å². The summed E-state index contributed by atoms with van der Waals surface area (Å²) in [7, 11) is 3.79. The van der Waals surface area contributed by atoms with Crippen LogP contribution in [0.25, 0.3) is 10.8 Å². The van der Waals surface area contributed by atoms with Crippen molar-refractivity contribution >= 4 is 39.6 Å². The number of anilines is 2. The highest BCUT2D eigenvalue weighted by Gasteiger charge is 2.10. The molecule has 0 bridgehead atoms. The Morgan fingerprint density at radius 3 is 2.75 bits per heavy atom. The molecule has 2 aromatic carbocycles. The molecule has 0 aliphatic heterocycles. The third-order valence-corrected chi connectivity index (χ3v) is 4.13. The van der Waals surface area contributed by atoms with Gasteiger partial charge in [-0.1, -0.05) is 35.9 Å². The van der Waals surface area contributed by atoms with Crippen LogP contribution in [-0.4, -0.2) is 24.8 Å². The normalized spacial score (nSPS) is 11.6. The molecule has 122 valence electrons. The van der Waals surface area contributed by atoms with Gasteiger partial charge in [0.25, 0.3) is 0 Å². The Hall–Kier alpha value is -2.59. The fourth-order valence-electron chi connectivity index (χ4n) is 2.72. The number of hydrogen-bond donors (Lipinski definition) is 1. The molecule has 24 heavy (non-hydrogen) atoms. The molecule has 3 rings (SSSR count). The molecule has 5 heteroatoms. The van der Waals surface area contributed by atoms with E-state index in [1.54, 1.807) is 11.2 Å². The lowest BCUT2D eigenvalue weighted by Gasteiger charge is -2.17. The summed E-state index contributed by atoms with van der Waals surface area (Å²) in [4.78, 5) is 4.49. The molecule has 0 aliphatic carbocycles. The molecular weight excluding hydrogens is 320 g/mol. The summed E-state index contributed by atoms with van der Waals surface area (Å²) in [6.45, 7) is 1.97. The number of halogens is 1. The number of aromatic nitrogens is 1. The molecule has 0 atom stereocenters. The van der Waals surface area contributed by atoms with E-state index < -0.39 is 0 Å². The Balaban J connectivity index is 2.02. The van der Waals surface area contributed by atoms with Crippen LogP contribution in [0.1, 0.15) is 12.5 Å². The van der Waals surface area contributed by atoms with Gasteiger partial charge in [-0.15, -0.1) is 0 Å². The minimum atomic E-state index is 0.685. The number of benzene rings is 2. The van der Waals surface area contributed by atoms with Gasteiger partial charge >= 0.3 is 0 Å². The van der Waals surface area contributed by atoms with Crippen LogP contribution in [0.5, 0.6) is 0 Å². The average molecular weight is 339 g/mol. The first-order chi connectivity index (χ1) is 11.6. The molecule has 1 heterocycles. The van der Waals surface area contributed by atoms with Crippen molar-refractivity contribution in [3.63, 3.8) is 0 Å². The largest absolute Gasteiger partial charge is 0.388 e. The van der Waals surface area contributed by atoms with Crippen molar-refractivity contribution in [2.75, 3.05) is 24.4 Å². The van der Waals surface area contributed by atoms with Crippen molar-refractivity contribution in [2.45, 2.75) is 6.92 Å². The molecule has 0 saturated carbocycles. The molecule has 3 aromatic rings. The van der Waals surface area contributed by atoms with Gasteiger partial charge in [-0.25, -0.2) is 4.98 Å². The predicted molar refractivity (Wildman–Crippen MR) is 103 cm³/mol. The Bertz CT molecular complexity index is 900. The Morgan fingerprint density at radius 1 is 1.17 bits per heavy atom. The summed E-state index contributed by atoms with van der Waals surface area (Å²) in [5, 5.41) is 12.6. The molecule has 0 unspecified atom stereocenters. The molecule has 0 spiro atoms. The van der Waals surface area contributed by atoms with E-state index in [2.05, 4.69) is 22.4 Å². The van der Waals surface area contributed by atoms with Crippen molar-refractivity contribution in [1.29, 1.82) is 0 Å². The van der Waals surface area contributed by atoms with Crippen molar-refractivity contribution in [1.82, 2.24) is 4.98 Å². The first-order valence-electron chi connectivity index (χ1n) is 7.70. The third kappa shape index (κ3) is 3.19. The molecule has 1 N–H and O–H groups in total. The van der Waals surface area contributed by atoms with E-state index in [1.807, 2.05) is 57.4 Å². The highest BCUT2D eigenvalue weighted by atomic mass is 35.5. The second-order valence-electron chi connectivity index (χ2n) is 5.50. The summed E-state index contributed by atoms with van der Waals surface area (Å²) in [6, 6.07) is 15.9. The van der Waals surface area contributed by atoms with Crippen molar-refractivity contribution in [2.24, 2.45) is 5.10 Å². The number of nitrogens with one attached hydrogen (secondary N) is 1. The number of fused-ring (bicyclic) bond motifs is 1. The zero-order chi connectivity index (χ0) is 17.1. The van der Waals surface area contributed by atoms with E-state index in [1.165, 1.54) is 0 Å². The van der Waals surface area contributed by atoms with E-state index in [4.69, 9.17) is 16.7 Å². The molecule has 0 amide bonds. The van der Waals surface area contributed by atoms with Gasteiger partial charge in [0.2, 0.25) is 0 Å². The standard InChI is InChI=1S/C19H19ClN4/c1-13(17-12-15(20)8-9-18(17)21-2)23-24(3)19-16-7-5-4-6-14(16)10-11-22-19/h4-12,21H,1-3H3/b23-13+. The van der Waals surface area contributed by atoms with Gasteiger partial charge < -0.3 is 5.32 Å². The van der Waals surface area contributed by atoms with Crippen LogP contribution in [0, 0.1) is 0 Å². The summed E-state index contributed by atoms with van der Waals surface area (Å²) in [6.07, 6.45) is 1.80. The number of hydrazone groups is 1. The SMILES string of the molecule is CNc1ccc(Cl)cc1/C(C)=N/N(C)c1nccc2ccccc12. The monoisotopic (exact) mass is 338 g/mol. The maximum absolute atomic E-state index is 6.14. The Kier molecular flexibility index (Phi) is 4.67. The maximum atomic E-state index is 6.14. The number of pyridine rings is 1. The summed E-state index contributed by atoms with van der Waals surface area (Å²) < 4.78 is 0. The molecular formula is C19H19ClN4. The van der Waals surface area contributed by atoms with Crippen LogP contribution in [0.2, 0.25) is 5.02 Å². The van der Waals surface area contributed by atoms with Crippen LogP contribution in [0.4, 0.5) is 11.5 Å². The smallest absolute Gasteiger partial charge is 0.156 e. The molecule has 0 saturated heterocycles. The van der Waals surface area contributed by atoms with Crippen molar-refractivity contribution in [3.8, 4) is 0 Å². The van der Waals surface area contributed by atoms with Crippen molar-refractivity contribution in [3.05, 3.63) is 65.3 Å². The Labute approximate surface area is 146 Å². The molecule has 0 aliphatic rings. The van der Waals surface area contributed by atoms with E-state index in [0.29, 0.717) is 5.02 Å². The fraction of sp³-hybridized carbons (Fsp3) is 0.158. The second kappa shape index (κ2) is 6.89. The van der Waals surface area contributed by atoms with E-state index in [9.17, 15) is 0 Å². The lowest BCUT2D eigenvalue weighted by atomic mass is 10.1. The minimum absolute atomic E-state index is 0.685. The van der Waals surface area contributed by atoms with Gasteiger partial charge in [0, 0.05) is 42.0 Å². The highest BCUT2D eigenvalue weighted by Crippen LogP contribution is 2.25. The van der Waals surface area contributed by atoms with Crippen molar-refractivity contribution < 1.29 is 0 Å². The molecule has 4 nitrogen and oxygen atoms in total. The van der Waals surface area contributed by atoms with Gasteiger partial charge in [0.05, 0.1) is 5.71 Å². The van der Waals surface area contributed by atoms with Gasteiger partial charge in [0.1, 0.15) is 0 Å². The molecule has 0 radical (unpaired) electrons. The number of rotatable bonds is 4. The first kappa shape index (κ1) is 16.3. The van der Waals surface area contributed by atoms with Crippen LogP contribution in [0.3, 0.4) is 0 Å². The van der Waals surface area contributed by atoms with E-state index in [0.717, 1.165) is 33.6 Å². The minimum Gasteiger partial charge on any atom is -0.388 e. The van der Waals surface area contributed by atoms with E-state index >= 15 is 0 Å². The molecule has 0 fully saturated rings. The molecule has 1 aromatic heterocycles. The van der Waals surface area contributed by atoms with Crippen LogP contribution < -0.4 is 10.3 Å². The Morgan fingerprint density at radius 2 is 1.96 bits per heavy atom. The highest BCUT2D eigenvalue weighted by molar-refractivity contribution is 6.31. The fourth-order valence-corrected chi connectivity index (χ4v) is 2.89. The lowest BCUT2D eigenvalue weighted by molar-refractivity contribution is 0.985.